The van der Waals surface area contributed by atoms with E-state index in [2.05, 4.69) is 130 Å². The summed E-state index contributed by atoms with van der Waals surface area (Å²) in [6, 6.07) is 0. The van der Waals surface area contributed by atoms with Gasteiger partial charge in [-0.2, -0.15) is 0 Å². The first-order chi connectivity index (χ1) is 40.0. The van der Waals surface area contributed by atoms with Crippen LogP contribution in [0.1, 0.15) is 329 Å². The average molecular weight is 1130 g/mol. The van der Waals surface area contributed by atoms with Crippen LogP contribution in [0.3, 0.4) is 0 Å². The molecule has 0 rings (SSSR count). The topological polar surface area (TPSA) is 78.9 Å². The predicted octanol–water partition coefficient (Wildman–Crippen LogP) is 23.8. The van der Waals surface area contributed by atoms with Crippen LogP contribution < -0.4 is 0 Å². The number of rotatable bonds is 62. The first kappa shape index (κ1) is 77.1. The molecule has 0 aromatic heterocycles. The molecule has 1 unspecified atom stereocenters. The lowest BCUT2D eigenvalue weighted by Crippen LogP contribution is -2.30. The molecule has 0 amide bonds. The van der Waals surface area contributed by atoms with Gasteiger partial charge in [0.15, 0.2) is 6.10 Å². The van der Waals surface area contributed by atoms with Crippen molar-refractivity contribution in [1.29, 1.82) is 0 Å². The molecule has 0 fully saturated rings. The molecule has 0 aliphatic heterocycles. The highest BCUT2D eigenvalue weighted by molar-refractivity contribution is 5.71. The molecular weight excluding hydrogens is 997 g/mol. The van der Waals surface area contributed by atoms with Gasteiger partial charge in [0.25, 0.3) is 0 Å². The molecule has 0 saturated carbocycles. The highest BCUT2D eigenvalue weighted by Crippen LogP contribution is 2.17. The minimum atomic E-state index is -0.791. The Kier molecular flexibility index (Phi) is 65.2. The second kappa shape index (κ2) is 68.6. The molecule has 0 saturated heterocycles. The summed E-state index contributed by atoms with van der Waals surface area (Å²) in [6.07, 6.45) is 93.9. The van der Waals surface area contributed by atoms with Crippen molar-refractivity contribution in [1.82, 2.24) is 0 Å². The molecule has 0 N–H and O–H groups in total. The van der Waals surface area contributed by atoms with E-state index in [9.17, 15) is 14.4 Å². The largest absolute Gasteiger partial charge is 0.462 e. The van der Waals surface area contributed by atoms with Gasteiger partial charge in [-0.05, 0) is 122 Å². The Labute approximate surface area is 501 Å². The number of hydrogen-bond acceptors (Lipinski definition) is 6. The van der Waals surface area contributed by atoms with Gasteiger partial charge in [0.05, 0.1) is 0 Å². The maximum absolute atomic E-state index is 13.0. The average Bonchev–Trinajstić information content (AvgIpc) is 3.47. The second-order valence-corrected chi connectivity index (χ2v) is 22.7. The highest BCUT2D eigenvalue weighted by atomic mass is 16.6. The van der Waals surface area contributed by atoms with Crippen molar-refractivity contribution < 1.29 is 28.6 Å². The van der Waals surface area contributed by atoms with Gasteiger partial charge in [-0.15, -0.1) is 0 Å². The summed E-state index contributed by atoms with van der Waals surface area (Å²) >= 11 is 0. The Morgan fingerprint density at radius 3 is 0.753 bits per heavy atom. The molecule has 0 bridgehead atoms. The lowest BCUT2D eigenvalue weighted by molar-refractivity contribution is -0.167. The van der Waals surface area contributed by atoms with E-state index in [1.165, 1.54) is 167 Å². The van der Waals surface area contributed by atoms with E-state index >= 15 is 0 Å². The second-order valence-electron chi connectivity index (χ2n) is 22.7. The fourth-order valence-electron chi connectivity index (χ4n) is 9.66. The minimum absolute atomic E-state index is 0.0846. The van der Waals surface area contributed by atoms with Crippen LogP contribution >= 0.6 is 0 Å². The lowest BCUT2D eigenvalue weighted by Gasteiger charge is -2.18. The van der Waals surface area contributed by atoms with Crippen LogP contribution in [0.4, 0.5) is 0 Å². The Hall–Kier alpha value is -3.93. The van der Waals surface area contributed by atoms with Crippen molar-refractivity contribution in [3.8, 4) is 0 Å². The van der Waals surface area contributed by atoms with Crippen molar-refractivity contribution in [2.75, 3.05) is 13.2 Å². The highest BCUT2D eigenvalue weighted by Gasteiger charge is 2.19. The van der Waals surface area contributed by atoms with E-state index in [0.29, 0.717) is 19.3 Å². The number of unbranched alkanes of at least 4 members (excludes halogenated alkanes) is 33. The summed E-state index contributed by atoms with van der Waals surface area (Å²) in [5.41, 5.74) is 0. The summed E-state index contributed by atoms with van der Waals surface area (Å²) in [6.45, 7) is 6.43. The van der Waals surface area contributed by atoms with Gasteiger partial charge in [-0.1, -0.05) is 297 Å². The summed E-state index contributed by atoms with van der Waals surface area (Å²) in [5.74, 6) is -0.892. The number of carbonyl (C=O) groups excluding carboxylic acids is 3. The molecule has 0 aromatic rings. The fraction of sp³-hybridized carbons (Fsp3) is 0.720. The fourth-order valence-corrected chi connectivity index (χ4v) is 9.66. The van der Waals surface area contributed by atoms with E-state index in [1.54, 1.807) is 0 Å². The van der Waals surface area contributed by atoms with Gasteiger partial charge in [0, 0.05) is 19.3 Å². The molecule has 464 valence electrons. The zero-order valence-corrected chi connectivity index (χ0v) is 53.3. The van der Waals surface area contributed by atoms with Crippen molar-refractivity contribution in [2.45, 2.75) is 335 Å². The molecule has 6 heteroatoms. The summed E-state index contributed by atoms with van der Waals surface area (Å²) in [7, 11) is 0. The molecule has 0 aromatic carbocycles. The molecule has 0 radical (unpaired) electrons. The first-order valence-electron chi connectivity index (χ1n) is 34.4. The van der Waals surface area contributed by atoms with E-state index in [0.717, 1.165) is 122 Å². The third-order valence-electron chi connectivity index (χ3n) is 14.7. The van der Waals surface area contributed by atoms with Crippen LogP contribution in [0, 0.1) is 0 Å². The Bertz CT molecular complexity index is 1620. The zero-order chi connectivity index (χ0) is 58.5. The van der Waals surface area contributed by atoms with Crippen LogP contribution in [-0.2, 0) is 28.6 Å². The maximum Gasteiger partial charge on any atom is 0.306 e. The van der Waals surface area contributed by atoms with Crippen molar-refractivity contribution >= 4 is 17.9 Å². The van der Waals surface area contributed by atoms with E-state index < -0.39 is 6.10 Å². The first-order valence-corrected chi connectivity index (χ1v) is 34.4. The number of esters is 3. The molecular formula is C75H128O6. The van der Waals surface area contributed by atoms with Gasteiger partial charge < -0.3 is 14.2 Å². The van der Waals surface area contributed by atoms with Crippen LogP contribution in [0.2, 0.25) is 0 Å². The van der Waals surface area contributed by atoms with Crippen LogP contribution in [-0.4, -0.2) is 37.2 Å². The smallest absolute Gasteiger partial charge is 0.306 e. The zero-order valence-electron chi connectivity index (χ0n) is 53.3. The SMILES string of the molecule is CC/C=C\C/C=C\C/C=C\C/C=C\CCCCCCCCCCC(=O)OC(COC(=O)CCCCCCCCC/C=C\C/C=C\C/C=C\CC)COC(=O)CCCCCCCCCCCCCCC/C=C\C/C=C\CCCCCCC. The lowest BCUT2D eigenvalue weighted by atomic mass is 10.0. The maximum atomic E-state index is 13.0. The predicted molar refractivity (Wildman–Crippen MR) is 353 cm³/mol. The summed E-state index contributed by atoms with van der Waals surface area (Å²) in [5, 5.41) is 0. The quantitative estimate of drug-likeness (QED) is 0.0261. The Balaban J connectivity index is 4.37. The third kappa shape index (κ3) is 66.8. The molecule has 6 nitrogen and oxygen atoms in total. The Morgan fingerprint density at radius 1 is 0.259 bits per heavy atom. The number of carbonyl (C=O) groups is 3. The van der Waals surface area contributed by atoms with Gasteiger partial charge in [-0.25, -0.2) is 0 Å². The standard InChI is InChI=1S/C75H128O6/c1-4-7-10-13-16-19-22-25-28-31-33-35-36-37-38-40-41-44-47-50-53-56-59-62-65-68-74(77)80-71-72(70-79-73(76)67-64-61-58-55-52-49-46-43-30-27-24-21-18-15-12-9-6-3)81-75(78)69-66-63-60-57-54-51-48-45-42-39-34-32-29-26-23-20-17-14-11-8-5-2/h8-9,11-12,17-18,20-22,25-27,29-31,33-34,39,72H,4-7,10,13-16,19,23-24,28,32,35-38,40-71H2,1-3H3/b11-8-,12-9-,20-17-,21-18-,25-22-,29-26-,30-27-,33-31-,39-34-. The minimum Gasteiger partial charge on any atom is -0.462 e. The number of hydrogen-bond donors (Lipinski definition) is 0. The Morgan fingerprint density at radius 2 is 0.481 bits per heavy atom. The molecule has 0 heterocycles. The summed E-state index contributed by atoms with van der Waals surface area (Å²) < 4.78 is 17.0. The molecule has 0 spiro atoms. The van der Waals surface area contributed by atoms with Crippen LogP contribution in [0.25, 0.3) is 0 Å². The molecule has 81 heavy (non-hydrogen) atoms. The van der Waals surface area contributed by atoms with Crippen molar-refractivity contribution in [2.24, 2.45) is 0 Å². The van der Waals surface area contributed by atoms with Gasteiger partial charge >= 0.3 is 17.9 Å². The van der Waals surface area contributed by atoms with Gasteiger partial charge in [-0.3, -0.25) is 14.4 Å². The third-order valence-corrected chi connectivity index (χ3v) is 14.7. The molecule has 0 aliphatic rings. The summed E-state index contributed by atoms with van der Waals surface area (Å²) in [4.78, 5) is 38.5. The molecule has 0 aliphatic carbocycles. The van der Waals surface area contributed by atoms with Crippen molar-refractivity contribution in [3.63, 3.8) is 0 Å². The normalized spacial score (nSPS) is 12.8. The van der Waals surface area contributed by atoms with E-state index in [4.69, 9.17) is 14.2 Å². The van der Waals surface area contributed by atoms with Crippen LogP contribution in [0.15, 0.2) is 109 Å². The van der Waals surface area contributed by atoms with E-state index in [-0.39, 0.29) is 31.1 Å². The monoisotopic (exact) mass is 1120 g/mol. The number of ether oxygens (including phenoxy) is 3. The molecule has 1 atom stereocenters. The van der Waals surface area contributed by atoms with Gasteiger partial charge in [0.2, 0.25) is 0 Å². The van der Waals surface area contributed by atoms with E-state index in [1.807, 2.05) is 0 Å². The van der Waals surface area contributed by atoms with Gasteiger partial charge in [0.1, 0.15) is 13.2 Å². The number of allylic oxidation sites excluding steroid dienone is 18. The van der Waals surface area contributed by atoms with Crippen molar-refractivity contribution in [3.05, 3.63) is 109 Å². The van der Waals surface area contributed by atoms with Crippen LogP contribution in [0.5, 0.6) is 0 Å².